The van der Waals surface area contributed by atoms with E-state index < -0.39 is 12.0 Å². The fraction of sp³-hybridized carbons (Fsp3) is 0.385. The van der Waals surface area contributed by atoms with Gasteiger partial charge < -0.3 is 9.57 Å². The molecule has 1 aromatic rings. The van der Waals surface area contributed by atoms with Gasteiger partial charge in [-0.15, -0.1) is 11.6 Å². The summed E-state index contributed by atoms with van der Waals surface area (Å²) in [6.07, 6.45) is 0.496. The van der Waals surface area contributed by atoms with Crippen LogP contribution in [-0.4, -0.2) is 35.5 Å². The monoisotopic (exact) mass is 359 g/mol. The average Bonchev–Trinajstić information content (AvgIpc) is 2.80. The van der Waals surface area contributed by atoms with Crippen molar-refractivity contribution in [2.45, 2.75) is 18.6 Å². The second-order valence-corrected chi connectivity index (χ2v) is 5.84. The Morgan fingerprint density at radius 3 is 3.10 bits per heavy atom. The minimum atomic E-state index is -0.649. The lowest BCUT2D eigenvalue weighted by Gasteiger charge is -2.35. The van der Waals surface area contributed by atoms with E-state index in [4.69, 9.17) is 21.2 Å². The second kappa shape index (κ2) is 5.35. The molecule has 1 aliphatic carbocycles. The molecule has 2 atom stereocenters. The van der Waals surface area contributed by atoms with Gasteiger partial charge in [0.05, 0.1) is 6.10 Å². The third-order valence-corrected chi connectivity index (χ3v) is 4.14. The highest BCUT2D eigenvalue weighted by Gasteiger charge is 2.45. The first-order valence-electron chi connectivity index (χ1n) is 6.09. The molecular formula is C13H11BrClNO4. The van der Waals surface area contributed by atoms with Crippen molar-refractivity contribution in [3.63, 3.8) is 0 Å². The number of carbonyl (C=O) groups excluding carboxylic acids is 2. The number of rotatable bonds is 2. The molecule has 1 heterocycles. The number of ether oxygens (including phenoxy) is 1. The third-order valence-electron chi connectivity index (χ3n) is 3.43. The van der Waals surface area contributed by atoms with Crippen LogP contribution in [0.2, 0.25) is 0 Å². The molecule has 0 unspecified atom stereocenters. The summed E-state index contributed by atoms with van der Waals surface area (Å²) in [5.74, 6) is -1.32. The Bertz CT molecular complexity index is 579. The Morgan fingerprint density at radius 1 is 1.55 bits per heavy atom. The second-order valence-electron chi connectivity index (χ2n) is 4.66. The van der Waals surface area contributed by atoms with Crippen molar-refractivity contribution in [1.82, 2.24) is 5.06 Å². The molecule has 1 aromatic carbocycles. The van der Waals surface area contributed by atoms with Crippen LogP contribution in [0.5, 0.6) is 0 Å². The Hall–Kier alpha value is -1.11. The lowest BCUT2D eigenvalue weighted by molar-refractivity contribution is -0.231. The fourth-order valence-electron chi connectivity index (χ4n) is 2.62. The third kappa shape index (κ3) is 2.32. The van der Waals surface area contributed by atoms with E-state index in [0.29, 0.717) is 6.42 Å². The SMILES string of the molecule is O=C(CCl)ON1C(=O)CO[C@H]2Cc3ccc(Br)cc3[C@H]21. The van der Waals surface area contributed by atoms with Crippen LogP contribution in [0.1, 0.15) is 17.2 Å². The number of hydrogen-bond donors (Lipinski definition) is 0. The summed E-state index contributed by atoms with van der Waals surface area (Å²) >= 11 is 8.84. The molecule has 0 radical (unpaired) electrons. The summed E-state index contributed by atoms with van der Waals surface area (Å²) in [6, 6.07) is 5.43. The minimum absolute atomic E-state index is 0.0914. The number of amides is 1. The average molecular weight is 361 g/mol. The van der Waals surface area contributed by atoms with Gasteiger partial charge in [0.15, 0.2) is 0 Å². The van der Waals surface area contributed by atoms with E-state index in [1.165, 1.54) is 0 Å². The number of benzene rings is 1. The molecule has 2 aliphatic rings. The number of halogens is 2. The number of morpholine rings is 1. The highest BCUT2D eigenvalue weighted by atomic mass is 79.9. The molecule has 1 saturated heterocycles. The summed E-state index contributed by atoms with van der Waals surface area (Å²) in [5.41, 5.74) is 2.02. The number of carbonyl (C=O) groups is 2. The molecular weight excluding hydrogens is 350 g/mol. The lowest BCUT2D eigenvalue weighted by atomic mass is 10.1. The van der Waals surface area contributed by atoms with Gasteiger partial charge >= 0.3 is 5.97 Å². The van der Waals surface area contributed by atoms with E-state index in [0.717, 1.165) is 20.7 Å². The van der Waals surface area contributed by atoms with E-state index in [1.54, 1.807) is 0 Å². The smallest absolute Gasteiger partial charge is 0.347 e. The van der Waals surface area contributed by atoms with Crippen molar-refractivity contribution in [2.75, 3.05) is 12.5 Å². The van der Waals surface area contributed by atoms with Crippen molar-refractivity contribution in [3.8, 4) is 0 Å². The molecule has 0 N–H and O–H groups in total. The largest absolute Gasteiger partial charge is 0.365 e. The van der Waals surface area contributed by atoms with Crippen molar-refractivity contribution < 1.29 is 19.2 Å². The van der Waals surface area contributed by atoms with Gasteiger partial charge in [0.1, 0.15) is 18.5 Å². The minimum Gasteiger partial charge on any atom is -0.365 e. The molecule has 7 heteroatoms. The maximum Gasteiger partial charge on any atom is 0.347 e. The van der Waals surface area contributed by atoms with Gasteiger partial charge in [-0.25, -0.2) is 4.79 Å². The van der Waals surface area contributed by atoms with Crippen LogP contribution < -0.4 is 0 Å². The summed E-state index contributed by atoms with van der Waals surface area (Å²) in [6.45, 7) is -0.0914. The summed E-state index contributed by atoms with van der Waals surface area (Å²) in [4.78, 5) is 28.4. The molecule has 0 spiro atoms. The fourth-order valence-corrected chi connectivity index (χ4v) is 3.05. The van der Waals surface area contributed by atoms with Crippen LogP contribution in [0.15, 0.2) is 22.7 Å². The standard InChI is InChI=1S/C13H11BrClNO4/c14-8-2-1-7-3-10-13(9(7)4-8)16(11(17)6-19-10)20-12(18)5-15/h1-2,4,10,13H,3,5-6H2/t10-,13+/m0/s1. The normalized spacial score (nSPS) is 24.3. The molecule has 106 valence electrons. The van der Waals surface area contributed by atoms with E-state index in [1.807, 2.05) is 18.2 Å². The first-order valence-corrected chi connectivity index (χ1v) is 7.41. The number of alkyl halides is 1. The predicted octanol–water partition coefficient (Wildman–Crippen LogP) is 1.97. The van der Waals surface area contributed by atoms with Gasteiger partial charge in [0.25, 0.3) is 5.91 Å². The van der Waals surface area contributed by atoms with Crippen molar-refractivity contribution in [1.29, 1.82) is 0 Å². The lowest BCUT2D eigenvalue weighted by Crippen LogP contribution is -2.48. The highest BCUT2D eigenvalue weighted by Crippen LogP contribution is 2.41. The Morgan fingerprint density at radius 2 is 2.35 bits per heavy atom. The molecule has 3 rings (SSSR count). The molecule has 0 saturated carbocycles. The maximum atomic E-state index is 12.0. The highest BCUT2D eigenvalue weighted by molar-refractivity contribution is 9.10. The molecule has 1 fully saturated rings. The summed E-state index contributed by atoms with van der Waals surface area (Å²) in [7, 11) is 0. The van der Waals surface area contributed by atoms with Gasteiger partial charge in [0.2, 0.25) is 0 Å². The predicted molar refractivity (Wildman–Crippen MR) is 74.0 cm³/mol. The van der Waals surface area contributed by atoms with Crippen LogP contribution in [0, 0.1) is 0 Å². The van der Waals surface area contributed by atoms with Gasteiger partial charge in [-0.3, -0.25) is 4.79 Å². The van der Waals surface area contributed by atoms with Crippen LogP contribution in [0.4, 0.5) is 0 Å². The topological polar surface area (TPSA) is 55.8 Å². The van der Waals surface area contributed by atoms with E-state index in [-0.39, 0.29) is 24.5 Å². The zero-order valence-electron chi connectivity index (χ0n) is 10.3. The van der Waals surface area contributed by atoms with Crippen LogP contribution in [-0.2, 0) is 25.6 Å². The quantitative estimate of drug-likeness (QED) is 0.757. The first kappa shape index (κ1) is 13.9. The molecule has 0 aromatic heterocycles. The van der Waals surface area contributed by atoms with Gasteiger partial charge in [0, 0.05) is 10.9 Å². The van der Waals surface area contributed by atoms with Crippen LogP contribution >= 0.6 is 27.5 Å². The number of nitrogens with zero attached hydrogens (tertiary/aromatic N) is 1. The Labute approximate surface area is 128 Å². The van der Waals surface area contributed by atoms with Crippen molar-refractivity contribution >= 4 is 39.4 Å². The maximum absolute atomic E-state index is 12.0. The molecule has 5 nitrogen and oxygen atoms in total. The van der Waals surface area contributed by atoms with E-state index in [9.17, 15) is 9.59 Å². The summed E-state index contributed by atoms with van der Waals surface area (Å²) in [5, 5.41) is 1.11. The first-order chi connectivity index (χ1) is 9.60. The number of hydroxylamine groups is 2. The molecule has 20 heavy (non-hydrogen) atoms. The summed E-state index contributed by atoms with van der Waals surface area (Å²) < 4.78 is 6.45. The van der Waals surface area contributed by atoms with E-state index >= 15 is 0 Å². The molecule has 0 bridgehead atoms. The van der Waals surface area contributed by atoms with Gasteiger partial charge in [-0.1, -0.05) is 22.0 Å². The zero-order valence-corrected chi connectivity index (χ0v) is 12.7. The Kier molecular flexibility index (Phi) is 3.70. The molecule has 1 amide bonds. The van der Waals surface area contributed by atoms with Crippen molar-refractivity contribution in [3.05, 3.63) is 33.8 Å². The number of fused-ring (bicyclic) bond motifs is 3. The van der Waals surface area contributed by atoms with E-state index in [2.05, 4.69) is 15.9 Å². The Balaban J connectivity index is 1.96. The zero-order chi connectivity index (χ0) is 14.3. The van der Waals surface area contributed by atoms with Gasteiger partial charge in [-0.2, -0.15) is 5.06 Å². The van der Waals surface area contributed by atoms with Crippen LogP contribution in [0.3, 0.4) is 0 Å². The van der Waals surface area contributed by atoms with Crippen LogP contribution in [0.25, 0.3) is 0 Å². The molecule has 1 aliphatic heterocycles. The van der Waals surface area contributed by atoms with Crippen molar-refractivity contribution in [2.24, 2.45) is 0 Å². The van der Waals surface area contributed by atoms with Gasteiger partial charge in [-0.05, 0) is 23.3 Å². The number of hydrogen-bond acceptors (Lipinski definition) is 4.